The van der Waals surface area contributed by atoms with Crippen molar-refractivity contribution >= 4 is 30.9 Å². The maximum Gasteiger partial charge on any atom is 0.192 e. The average molecular weight is 370 g/mol. The first-order chi connectivity index (χ1) is 7.74. The van der Waals surface area contributed by atoms with Gasteiger partial charge in [-0.1, -0.05) is 69.5 Å². The highest BCUT2D eigenvalue weighted by Gasteiger charge is 2.38. The molecule has 0 aromatic heterocycles. The summed E-state index contributed by atoms with van der Waals surface area (Å²) in [5, 5.41) is 0.335. The van der Waals surface area contributed by atoms with Crippen LogP contribution in [0.5, 0.6) is 0 Å². The van der Waals surface area contributed by atoms with Crippen LogP contribution in [0.4, 0.5) is 0 Å². The van der Waals surface area contributed by atoms with Gasteiger partial charge in [-0.15, -0.1) is 0 Å². The van der Waals surface area contributed by atoms with Gasteiger partial charge in [0.2, 0.25) is 0 Å². The van der Waals surface area contributed by atoms with Gasteiger partial charge in [0.15, 0.2) is 8.32 Å². The largest absolute Gasteiger partial charge is 0.414 e. The van der Waals surface area contributed by atoms with E-state index in [0.717, 1.165) is 0 Å². The van der Waals surface area contributed by atoms with Gasteiger partial charge < -0.3 is 4.43 Å². The minimum atomic E-state index is -1.57. The Labute approximate surface area is 123 Å². The standard InChI is InChI=1S/C14H31IOSi/c1-7-8-9-10-13(11-12-15)16-17(5,6)14(2,3)4/h13H,7-12H2,1-6H3/t13-/m0/s1. The molecule has 3 heteroatoms. The molecule has 0 aliphatic heterocycles. The second-order valence-corrected chi connectivity index (χ2v) is 12.3. The Bertz CT molecular complexity index is 199. The number of unbranched alkanes of at least 4 members (excludes halogenated alkanes) is 2. The van der Waals surface area contributed by atoms with E-state index in [9.17, 15) is 0 Å². The summed E-state index contributed by atoms with van der Waals surface area (Å²) >= 11 is 2.47. The zero-order valence-corrected chi connectivity index (χ0v) is 15.8. The topological polar surface area (TPSA) is 9.23 Å². The highest BCUT2D eigenvalue weighted by atomic mass is 127. The Morgan fingerprint density at radius 1 is 1.12 bits per heavy atom. The van der Waals surface area contributed by atoms with Crippen LogP contribution in [-0.4, -0.2) is 18.8 Å². The minimum Gasteiger partial charge on any atom is -0.414 e. The van der Waals surface area contributed by atoms with Crippen molar-refractivity contribution in [3.05, 3.63) is 0 Å². The fraction of sp³-hybridized carbons (Fsp3) is 1.00. The number of halogens is 1. The quantitative estimate of drug-likeness (QED) is 0.228. The van der Waals surface area contributed by atoms with Gasteiger partial charge >= 0.3 is 0 Å². The molecule has 0 spiro atoms. The highest BCUT2D eigenvalue weighted by molar-refractivity contribution is 14.1. The summed E-state index contributed by atoms with van der Waals surface area (Å²) in [4.78, 5) is 0. The van der Waals surface area contributed by atoms with Crippen LogP contribution in [0.15, 0.2) is 0 Å². The fourth-order valence-corrected chi connectivity index (χ4v) is 3.72. The zero-order chi connectivity index (χ0) is 13.5. The molecular formula is C14H31IOSi. The zero-order valence-electron chi connectivity index (χ0n) is 12.6. The van der Waals surface area contributed by atoms with Crippen molar-refractivity contribution in [3.63, 3.8) is 0 Å². The molecule has 0 N–H and O–H groups in total. The van der Waals surface area contributed by atoms with Gasteiger partial charge in [-0.25, -0.2) is 0 Å². The van der Waals surface area contributed by atoms with Crippen LogP contribution >= 0.6 is 22.6 Å². The molecule has 0 saturated heterocycles. The van der Waals surface area contributed by atoms with Gasteiger partial charge in [0.05, 0.1) is 0 Å². The van der Waals surface area contributed by atoms with E-state index >= 15 is 0 Å². The Hall–Kier alpha value is 0.907. The van der Waals surface area contributed by atoms with E-state index in [2.05, 4.69) is 63.4 Å². The molecule has 0 aliphatic carbocycles. The Morgan fingerprint density at radius 2 is 1.71 bits per heavy atom. The predicted molar refractivity (Wildman–Crippen MR) is 89.7 cm³/mol. The monoisotopic (exact) mass is 370 g/mol. The van der Waals surface area contributed by atoms with Crippen molar-refractivity contribution in [1.82, 2.24) is 0 Å². The summed E-state index contributed by atoms with van der Waals surface area (Å²) in [5.74, 6) is 0. The fourth-order valence-electron chi connectivity index (χ4n) is 1.60. The van der Waals surface area contributed by atoms with Crippen molar-refractivity contribution in [1.29, 1.82) is 0 Å². The van der Waals surface area contributed by atoms with Crippen molar-refractivity contribution in [3.8, 4) is 0 Å². The summed E-state index contributed by atoms with van der Waals surface area (Å²) in [6.45, 7) is 14.0. The van der Waals surface area contributed by atoms with E-state index in [-0.39, 0.29) is 0 Å². The molecule has 0 heterocycles. The van der Waals surface area contributed by atoms with Gasteiger partial charge in [0, 0.05) is 10.5 Å². The van der Waals surface area contributed by atoms with Gasteiger partial charge in [-0.2, -0.15) is 0 Å². The Balaban J connectivity index is 4.32. The molecule has 0 saturated carbocycles. The summed E-state index contributed by atoms with van der Waals surface area (Å²) in [7, 11) is -1.57. The lowest BCUT2D eigenvalue weighted by atomic mass is 10.1. The molecule has 0 aromatic carbocycles. The molecule has 17 heavy (non-hydrogen) atoms. The second-order valence-electron chi connectivity index (χ2n) is 6.47. The van der Waals surface area contributed by atoms with Gasteiger partial charge in [0.1, 0.15) is 0 Å². The molecule has 0 bridgehead atoms. The Morgan fingerprint density at radius 3 is 2.12 bits per heavy atom. The molecule has 0 amide bonds. The van der Waals surface area contributed by atoms with E-state index in [1.165, 1.54) is 36.5 Å². The summed E-state index contributed by atoms with van der Waals surface area (Å²) in [6, 6.07) is 0. The third-order valence-electron chi connectivity index (χ3n) is 3.83. The lowest BCUT2D eigenvalue weighted by molar-refractivity contribution is 0.165. The minimum absolute atomic E-state index is 0.335. The number of alkyl halides is 1. The molecule has 104 valence electrons. The molecular weight excluding hydrogens is 339 g/mol. The molecule has 1 nitrogen and oxygen atoms in total. The molecule has 0 aliphatic rings. The van der Waals surface area contributed by atoms with Crippen LogP contribution in [0.1, 0.15) is 59.8 Å². The van der Waals surface area contributed by atoms with E-state index in [0.29, 0.717) is 11.1 Å². The third kappa shape index (κ3) is 7.16. The van der Waals surface area contributed by atoms with Crippen molar-refractivity contribution in [2.45, 2.75) is 84.0 Å². The van der Waals surface area contributed by atoms with E-state index < -0.39 is 8.32 Å². The maximum atomic E-state index is 6.52. The summed E-state index contributed by atoms with van der Waals surface area (Å²) < 4.78 is 7.73. The molecule has 0 radical (unpaired) electrons. The van der Waals surface area contributed by atoms with Crippen LogP contribution in [0.2, 0.25) is 18.1 Å². The summed E-state index contributed by atoms with van der Waals surface area (Å²) in [5.41, 5.74) is 0. The summed E-state index contributed by atoms with van der Waals surface area (Å²) in [6.07, 6.45) is 6.95. The van der Waals surface area contributed by atoms with Gasteiger partial charge in [0.25, 0.3) is 0 Å². The molecule has 1 atom stereocenters. The van der Waals surface area contributed by atoms with Crippen molar-refractivity contribution in [2.75, 3.05) is 4.43 Å². The first-order valence-electron chi connectivity index (χ1n) is 6.98. The van der Waals surface area contributed by atoms with Gasteiger partial charge in [-0.3, -0.25) is 0 Å². The molecule has 0 rings (SSSR count). The first-order valence-corrected chi connectivity index (χ1v) is 11.4. The Kier molecular flexibility index (Phi) is 8.59. The maximum absolute atomic E-state index is 6.52. The highest BCUT2D eigenvalue weighted by Crippen LogP contribution is 2.38. The van der Waals surface area contributed by atoms with Crippen molar-refractivity contribution in [2.24, 2.45) is 0 Å². The lowest BCUT2D eigenvalue weighted by Crippen LogP contribution is -2.44. The smallest absolute Gasteiger partial charge is 0.192 e. The van der Waals surface area contributed by atoms with E-state index in [1.807, 2.05) is 0 Å². The number of hydrogen-bond donors (Lipinski definition) is 0. The van der Waals surface area contributed by atoms with E-state index in [1.54, 1.807) is 0 Å². The molecule has 0 aromatic rings. The van der Waals surface area contributed by atoms with Crippen LogP contribution in [0.25, 0.3) is 0 Å². The molecule has 0 unspecified atom stereocenters. The third-order valence-corrected chi connectivity index (χ3v) is 8.99. The predicted octanol–water partition coefficient (Wildman–Crippen LogP) is 5.78. The van der Waals surface area contributed by atoms with Crippen LogP contribution < -0.4 is 0 Å². The van der Waals surface area contributed by atoms with Gasteiger partial charge in [-0.05, 0) is 31.0 Å². The molecule has 0 fully saturated rings. The van der Waals surface area contributed by atoms with Crippen LogP contribution in [-0.2, 0) is 4.43 Å². The van der Waals surface area contributed by atoms with E-state index in [4.69, 9.17) is 4.43 Å². The SMILES string of the molecule is CCCCC[C@@H](CCI)O[Si](C)(C)C(C)(C)C. The number of rotatable bonds is 8. The first kappa shape index (κ1) is 17.9. The van der Waals surface area contributed by atoms with Crippen LogP contribution in [0.3, 0.4) is 0 Å². The lowest BCUT2D eigenvalue weighted by Gasteiger charge is -2.39. The number of hydrogen-bond acceptors (Lipinski definition) is 1. The van der Waals surface area contributed by atoms with Crippen molar-refractivity contribution < 1.29 is 4.43 Å². The second kappa shape index (κ2) is 8.15. The normalized spacial score (nSPS) is 15.0. The van der Waals surface area contributed by atoms with Crippen LogP contribution in [0, 0.1) is 0 Å². The average Bonchev–Trinajstić information content (AvgIpc) is 2.16.